The van der Waals surface area contributed by atoms with Gasteiger partial charge in [-0.1, -0.05) is 36.4 Å². The van der Waals surface area contributed by atoms with Crippen LogP contribution in [0.2, 0.25) is 0 Å². The van der Waals surface area contributed by atoms with E-state index in [1.807, 2.05) is 83.9 Å². The molecule has 0 aliphatic heterocycles. The second-order valence-electron chi connectivity index (χ2n) is 6.09. The molecule has 1 aromatic heterocycles. The molecule has 0 amide bonds. The van der Waals surface area contributed by atoms with Crippen LogP contribution in [-0.2, 0) is 0 Å². The van der Waals surface area contributed by atoms with Crippen LogP contribution in [0.5, 0.6) is 0 Å². The molecule has 0 fully saturated rings. The number of nitrogens with one attached hydrogen (secondary N) is 1. The largest absolute Gasteiger partial charge is 0.294 e. The average Bonchev–Trinajstić information content (AvgIpc) is 2.77. The number of aromatic nitrogens is 2. The van der Waals surface area contributed by atoms with Crippen LogP contribution in [0.3, 0.4) is 0 Å². The van der Waals surface area contributed by atoms with Gasteiger partial charge in [-0.05, 0) is 52.3 Å². The first-order valence-corrected chi connectivity index (χ1v) is 9.47. The third-order valence-electron chi connectivity index (χ3n) is 4.21. The van der Waals surface area contributed by atoms with Crippen molar-refractivity contribution in [2.45, 2.75) is 0 Å². The van der Waals surface area contributed by atoms with Gasteiger partial charge in [0.15, 0.2) is 11.4 Å². The Kier molecular flexibility index (Phi) is 5.07. The molecule has 0 saturated carbocycles. The number of para-hydroxylation sites is 2. The number of fused-ring (bicyclic) bond motifs is 1. The maximum absolute atomic E-state index is 9.28. The van der Waals surface area contributed by atoms with E-state index >= 15 is 0 Å². The van der Waals surface area contributed by atoms with Crippen LogP contribution in [0.15, 0.2) is 77.3 Å². The van der Waals surface area contributed by atoms with Crippen LogP contribution in [0, 0.1) is 22.7 Å². The normalized spacial score (nSPS) is 10.2. The third kappa shape index (κ3) is 3.73. The Hall–Kier alpha value is -3.94. The van der Waals surface area contributed by atoms with Crippen molar-refractivity contribution in [1.82, 2.24) is 9.97 Å². The molecule has 6 nitrogen and oxygen atoms in total. The number of hydrogen-bond donors (Lipinski definition) is 1. The Morgan fingerprint density at radius 2 is 1.34 bits per heavy atom. The molecule has 0 aliphatic rings. The van der Waals surface area contributed by atoms with Gasteiger partial charge in [-0.3, -0.25) is 10.4 Å². The predicted molar refractivity (Wildman–Crippen MR) is 115 cm³/mol. The molecular formula is C22H13BrN6. The number of nitriles is 2. The van der Waals surface area contributed by atoms with Gasteiger partial charge in [0, 0.05) is 4.47 Å². The van der Waals surface area contributed by atoms with Crippen molar-refractivity contribution in [3.63, 3.8) is 0 Å². The van der Waals surface area contributed by atoms with E-state index in [-0.39, 0.29) is 11.4 Å². The first-order valence-electron chi connectivity index (χ1n) is 8.68. The van der Waals surface area contributed by atoms with Gasteiger partial charge in [0.1, 0.15) is 12.1 Å². The second-order valence-corrected chi connectivity index (χ2v) is 6.94. The zero-order chi connectivity index (χ0) is 20.2. The van der Waals surface area contributed by atoms with Gasteiger partial charge in [0.25, 0.3) is 0 Å². The number of hydrazine groups is 1. The minimum atomic E-state index is 0.00977. The fourth-order valence-corrected chi connectivity index (χ4v) is 3.38. The molecule has 0 atom stereocenters. The topological polar surface area (TPSA) is 88.6 Å². The van der Waals surface area contributed by atoms with Gasteiger partial charge in [-0.25, -0.2) is 9.97 Å². The lowest BCUT2D eigenvalue weighted by Gasteiger charge is -2.27. The Morgan fingerprint density at radius 1 is 0.793 bits per heavy atom. The van der Waals surface area contributed by atoms with E-state index in [0.29, 0.717) is 11.0 Å². The zero-order valence-corrected chi connectivity index (χ0v) is 16.6. The molecule has 0 saturated heterocycles. The molecule has 0 radical (unpaired) electrons. The Balaban J connectivity index is 1.88. The monoisotopic (exact) mass is 440 g/mol. The van der Waals surface area contributed by atoms with Gasteiger partial charge in [-0.2, -0.15) is 10.5 Å². The van der Waals surface area contributed by atoms with Crippen LogP contribution in [-0.4, -0.2) is 9.97 Å². The molecule has 0 bridgehead atoms. The van der Waals surface area contributed by atoms with Crippen molar-refractivity contribution in [3.8, 4) is 12.1 Å². The highest BCUT2D eigenvalue weighted by molar-refractivity contribution is 9.10. The molecule has 4 aromatic rings. The van der Waals surface area contributed by atoms with E-state index in [1.54, 1.807) is 6.07 Å². The fourth-order valence-electron chi connectivity index (χ4n) is 2.88. The molecule has 0 unspecified atom stereocenters. The highest BCUT2D eigenvalue weighted by Crippen LogP contribution is 2.35. The molecule has 0 aliphatic carbocycles. The quantitative estimate of drug-likeness (QED) is 0.433. The van der Waals surface area contributed by atoms with Crippen LogP contribution >= 0.6 is 15.9 Å². The summed E-state index contributed by atoms with van der Waals surface area (Å²) in [7, 11) is 0. The highest BCUT2D eigenvalue weighted by Gasteiger charge is 2.17. The highest BCUT2D eigenvalue weighted by atomic mass is 79.9. The molecule has 138 valence electrons. The van der Waals surface area contributed by atoms with Crippen LogP contribution < -0.4 is 10.4 Å². The lowest BCUT2D eigenvalue weighted by atomic mass is 10.2. The maximum atomic E-state index is 9.28. The molecule has 3 aromatic carbocycles. The summed E-state index contributed by atoms with van der Waals surface area (Å²) >= 11 is 3.61. The van der Waals surface area contributed by atoms with Crippen LogP contribution in [0.1, 0.15) is 11.4 Å². The average molecular weight is 441 g/mol. The molecular weight excluding hydrogens is 428 g/mol. The van der Waals surface area contributed by atoms with Crippen LogP contribution in [0.25, 0.3) is 11.0 Å². The van der Waals surface area contributed by atoms with Gasteiger partial charge >= 0.3 is 0 Å². The van der Waals surface area contributed by atoms with Gasteiger partial charge in [0.05, 0.1) is 28.1 Å². The Labute approximate surface area is 175 Å². The third-order valence-corrected chi connectivity index (χ3v) is 4.85. The number of nitrogens with zero attached hydrogens (tertiary/aromatic N) is 5. The second kappa shape index (κ2) is 7.97. The molecule has 0 spiro atoms. The number of benzene rings is 3. The fraction of sp³-hybridized carbons (Fsp3) is 0. The molecule has 7 heteroatoms. The standard InChI is InChI=1S/C22H13BrN6/c23-17-11-18-19(27-21(14-25)20(13-24)26-18)12-22(17)29(16-9-5-2-6-10-16)28-15-7-3-1-4-8-15/h1-12,28H. The van der Waals surface area contributed by atoms with E-state index < -0.39 is 0 Å². The Bertz CT molecular complexity index is 1260. The summed E-state index contributed by atoms with van der Waals surface area (Å²) in [5.41, 5.74) is 7.10. The minimum absolute atomic E-state index is 0.00977. The van der Waals surface area contributed by atoms with Gasteiger partial charge in [-0.15, -0.1) is 0 Å². The van der Waals surface area contributed by atoms with E-state index in [1.165, 1.54) is 0 Å². The first-order chi connectivity index (χ1) is 14.2. The van der Waals surface area contributed by atoms with Gasteiger partial charge < -0.3 is 0 Å². The summed E-state index contributed by atoms with van der Waals surface area (Å²) in [6, 6.07) is 27.1. The van der Waals surface area contributed by atoms with E-state index in [4.69, 9.17) is 0 Å². The maximum Gasteiger partial charge on any atom is 0.177 e. The van der Waals surface area contributed by atoms with Crippen molar-refractivity contribution < 1.29 is 0 Å². The van der Waals surface area contributed by atoms with Crippen molar-refractivity contribution in [2.75, 3.05) is 10.4 Å². The lowest BCUT2D eigenvalue weighted by Crippen LogP contribution is -2.24. The van der Waals surface area contributed by atoms with E-state index in [2.05, 4.69) is 31.3 Å². The number of halogens is 1. The number of rotatable bonds is 4. The van der Waals surface area contributed by atoms with Crippen molar-refractivity contribution in [1.29, 1.82) is 10.5 Å². The number of anilines is 3. The Morgan fingerprint density at radius 3 is 1.93 bits per heavy atom. The number of hydrogen-bond acceptors (Lipinski definition) is 6. The summed E-state index contributed by atoms with van der Waals surface area (Å²) < 4.78 is 0.764. The predicted octanol–water partition coefficient (Wildman–Crippen LogP) is 5.30. The van der Waals surface area contributed by atoms with Crippen LogP contribution in [0.4, 0.5) is 17.1 Å². The SMILES string of the molecule is N#Cc1nc2cc(Br)c(N(Nc3ccccc3)c3ccccc3)cc2nc1C#N. The minimum Gasteiger partial charge on any atom is -0.294 e. The molecule has 1 N–H and O–H groups in total. The molecule has 1 heterocycles. The van der Waals surface area contributed by atoms with E-state index in [9.17, 15) is 10.5 Å². The summed E-state index contributed by atoms with van der Waals surface area (Å²) in [4.78, 5) is 8.60. The lowest BCUT2D eigenvalue weighted by molar-refractivity contribution is 1.15. The van der Waals surface area contributed by atoms with Crippen molar-refractivity contribution in [2.24, 2.45) is 0 Å². The van der Waals surface area contributed by atoms with Crippen molar-refractivity contribution >= 4 is 44.0 Å². The summed E-state index contributed by atoms with van der Waals surface area (Å²) in [6.07, 6.45) is 0. The summed E-state index contributed by atoms with van der Waals surface area (Å²) in [5, 5.41) is 20.4. The summed E-state index contributed by atoms with van der Waals surface area (Å²) in [5.74, 6) is 0. The summed E-state index contributed by atoms with van der Waals surface area (Å²) in [6.45, 7) is 0. The smallest absolute Gasteiger partial charge is 0.177 e. The van der Waals surface area contributed by atoms with E-state index in [0.717, 1.165) is 21.5 Å². The zero-order valence-electron chi connectivity index (χ0n) is 15.0. The van der Waals surface area contributed by atoms with Gasteiger partial charge in [0.2, 0.25) is 0 Å². The van der Waals surface area contributed by atoms with Crippen molar-refractivity contribution in [3.05, 3.63) is 88.7 Å². The molecule has 29 heavy (non-hydrogen) atoms. The molecule has 4 rings (SSSR count). The first kappa shape index (κ1) is 18.4.